The first kappa shape index (κ1) is 15.1. The number of hydrogen-bond donors (Lipinski definition) is 1. The third kappa shape index (κ3) is 3.31. The molecule has 2 aromatic carbocycles. The average Bonchev–Trinajstić information content (AvgIpc) is 2.86. The van der Waals surface area contributed by atoms with Crippen LogP contribution in [0.2, 0.25) is 0 Å². The van der Waals surface area contributed by atoms with Crippen LogP contribution in [-0.2, 0) is 5.75 Å². The van der Waals surface area contributed by atoms with Crippen LogP contribution in [0, 0.1) is 5.82 Å². The Morgan fingerprint density at radius 2 is 1.95 bits per heavy atom. The van der Waals surface area contributed by atoms with Crippen LogP contribution >= 0.6 is 27.7 Å². The molecule has 22 heavy (non-hydrogen) atoms. The molecule has 0 saturated carbocycles. The fourth-order valence-corrected chi connectivity index (χ4v) is 3.22. The van der Waals surface area contributed by atoms with Crippen LogP contribution in [0.3, 0.4) is 0 Å². The molecule has 0 radical (unpaired) electrons. The summed E-state index contributed by atoms with van der Waals surface area (Å²) in [4.78, 5) is 0. The van der Waals surface area contributed by atoms with Crippen molar-refractivity contribution >= 4 is 27.7 Å². The van der Waals surface area contributed by atoms with Gasteiger partial charge in [0, 0.05) is 15.8 Å². The fraction of sp³-hybridized carbons (Fsp3) is 0.0667. The van der Waals surface area contributed by atoms with Gasteiger partial charge >= 0.3 is 0 Å². The van der Waals surface area contributed by atoms with Crippen LogP contribution in [0.1, 0.15) is 5.56 Å². The maximum atomic E-state index is 13.3. The lowest BCUT2D eigenvalue weighted by Gasteiger charge is -2.04. The molecule has 0 aliphatic carbocycles. The lowest BCUT2D eigenvalue weighted by atomic mass is 10.2. The molecular weight excluding hydrogens is 367 g/mol. The maximum absolute atomic E-state index is 13.3. The van der Waals surface area contributed by atoms with Gasteiger partial charge < -0.3 is 5.84 Å². The van der Waals surface area contributed by atoms with Crippen LogP contribution in [0.5, 0.6) is 0 Å². The van der Waals surface area contributed by atoms with E-state index in [1.807, 2.05) is 24.3 Å². The molecule has 2 N–H and O–H groups in total. The molecule has 0 bridgehead atoms. The summed E-state index contributed by atoms with van der Waals surface area (Å²) in [6, 6.07) is 14.2. The normalized spacial score (nSPS) is 10.8. The minimum atomic E-state index is -0.330. The van der Waals surface area contributed by atoms with Crippen molar-refractivity contribution in [2.45, 2.75) is 10.9 Å². The molecule has 1 heterocycles. The number of nitrogens with zero attached hydrogens (tertiary/aromatic N) is 3. The molecule has 0 amide bonds. The summed E-state index contributed by atoms with van der Waals surface area (Å²) in [5.41, 5.74) is 1.75. The van der Waals surface area contributed by atoms with Crippen LogP contribution in [0.25, 0.3) is 11.4 Å². The molecule has 0 unspecified atom stereocenters. The Bertz CT molecular complexity index is 806. The van der Waals surface area contributed by atoms with Gasteiger partial charge in [-0.2, -0.15) is 0 Å². The molecule has 112 valence electrons. The number of halogens is 2. The van der Waals surface area contributed by atoms with E-state index in [9.17, 15) is 4.39 Å². The van der Waals surface area contributed by atoms with E-state index in [4.69, 9.17) is 5.84 Å². The largest absolute Gasteiger partial charge is 0.335 e. The van der Waals surface area contributed by atoms with Gasteiger partial charge in [-0.05, 0) is 29.8 Å². The molecule has 0 atom stereocenters. The van der Waals surface area contributed by atoms with E-state index >= 15 is 0 Å². The predicted molar refractivity (Wildman–Crippen MR) is 89.3 cm³/mol. The quantitative estimate of drug-likeness (QED) is 0.553. The second-order valence-electron chi connectivity index (χ2n) is 4.61. The molecule has 7 heteroatoms. The Morgan fingerprint density at radius 3 is 2.73 bits per heavy atom. The van der Waals surface area contributed by atoms with Gasteiger partial charge in [-0.3, -0.25) is 0 Å². The maximum Gasteiger partial charge on any atom is 0.210 e. The highest BCUT2D eigenvalue weighted by atomic mass is 79.9. The van der Waals surface area contributed by atoms with Crippen molar-refractivity contribution in [2.75, 3.05) is 5.84 Å². The second-order valence-corrected chi connectivity index (χ2v) is 6.46. The van der Waals surface area contributed by atoms with Crippen molar-refractivity contribution < 1.29 is 4.39 Å². The summed E-state index contributed by atoms with van der Waals surface area (Å²) in [6.45, 7) is 0. The van der Waals surface area contributed by atoms with Crippen molar-refractivity contribution in [3.05, 3.63) is 64.4 Å². The first-order chi connectivity index (χ1) is 10.6. The van der Waals surface area contributed by atoms with E-state index in [0.29, 0.717) is 16.5 Å². The monoisotopic (exact) mass is 378 g/mol. The van der Waals surface area contributed by atoms with Crippen molar-refractivity contribution in [2.24, 2.45) is 0 Å². The topological polar surface area (TPSA) is 56.7 Å². The van der Waals surface area contributed by atoms with E-state index in [1.165, 1.54) is 28.6 Å². The summed E-state index contributed by atoms with van der Waals surface area (Å²) in [5, 5.41) is 8.71. The van der Waals surface area contributed by atoms with Crippen LogP contribution in [0.4, 0.5) is 4.39 Å². The Balaban J connectivity index is 1.79. The van der Waals surface area contributed by atoms with Crippen LogP contribution in [0.15, 0.2) is 58.2 Å². The first-order valence-corrected chi connectivity index (χ1v) is 8.25. The third-order valence-corrected chi connectivity index (χ3v) is 4.51. The van der Waals surface area contributed by atoms with Gasteiger partial charge in [0.15, 0.2) is 5.82 Å². The third-order valence-electron chi connectivity index (χ3n) is 3.00. The van der Waals surface area contributed by atoms with E-state index in [1.54, 1.807) is 12.1 Å². The minimum Gasteiger partial charge on any atom is -0.335 e. The van der Waals surface area contributed by atoms with E-state index < -0.39 is 0 Å². The number of hydrogen-bond acceptors (Lipinski definition) is 4. The minimum absolute atomic E-state index is 0.330. The van der Waals surface area contributed by atoms with Gasteiger partial charge in [0.05, 0.1) is 0 Å². The first-order valence-electron chi connectivity index (χ1n) is 6.47. The molecule has 4 nitrogen and oxygen atoms in total. The predicted octanol–water partition coefficient (Wildman–Crippen LogP) is 3.85. The van der Waals surface area contributed by atoms with Crippen LogP contribution < -0.4 is 5.84 Å². The summed E-state index contributed by atoms with van der Waals surface area (Å²) in [6.07, 6.45) is 0. The zero-order chi connectivity index (χ0) is 15.5. The SMILES string of the molecule is Nn1c(SCc2cccc(Br)c2)nnc1-c1cccc(F)c1. The van der Waals surface area contributed by atoms with Crippen molar-refractivity contribution in [3.63, 3.8) is 0 Å². The lowest BCUT2D eigenvalue weighted by molar-refractivity contribution is 0.628. The Kier molecular flexibility index (Phi) is 4.44. The smallest absolute Gasteiger partial charge is 0.210 e. The Morgan fingerprint density at radius 1 is 1.14 bits per heavy atom. The number of thioether (sulfide) groups is 1. The zero-order valence-corrected chi connectivity index (χ0v) is 13.8. The summed E-state index contributed by atoms with van der Waals surface area (Å²) >= 11 is 4.92. The standard InChI is InChI=1S/C15H12BrFN4S/c16-12-5-1-3-10(7-12)9-22-15-20-19-14(21(15)18)11-4-2-6-13(17)8-11/h1-8H,9,18H2. The number of rotatable bonds is 4. The molecule has 0 spiro atoms. The van der Waals surface area contributed by atoms with Gasteiger partial charge in [-0.15, -0.1) is 10.2 Å². The van der Waals surface area contributed by atoms with E-state index in [2.05, 4.69) is 26.1 Å². The van der Waals surface area contributed by atoms with Gasteiger partial charge in [0.2, 0.25) is 5.16 Å². The molecule has 0 aliphatic rings. The van der Waals surface area contributed by atoms with Crippen molar-refractivity contribution in [3.8, 4) is 11.4 Å². The van der Waals surface area contributed by atoms with Gasteiger partial charge in [-0.1, -0.05) is 52.0 Å². The van der Waals surface area contributed by atoms with Crippen molar-refractivity contribution in [1.82, 2.24) is 14.9 Å². The average molecular weight is 379 g/mol. The summed E-state index contributed by atoms with van der Waals surface area (Å²) < 4.78 is 15.7. The molecule has 0 fully saturated rings. The lowest BCUT2D eigenvalue weighted by Crippen LogP contribution is -2.11. The Labute approximate surface area is 139 Å². The highest BCUT2D eigenvalue weighted by Gasteiger charge is 2.12. The Hall–Kier alpha value is -1.86. The molecule has 3 aromatic rings. The molecule has 1 aromatic heterocycles. The van der Waals surface area contributed by atoms with Gasteiger partial charge in [0.1, 0.15) is 5.82 Å². The number of nitrogens with two attached hydrogens (primary N) is 1. The summed E-state index contributed by atoms with van der Waals surface area (Å²) in [7, 11) is 0. The number of benzene rings is 2. The van der Waals surface area contributed by atoms with E-state index in [-0.39, 0.29) is 5.82 Å². The zero-order valence-electron chi connectivity index (χ0n) is 11.4. The van der Waals surface area contributed by atoms with E-state index in [0.717, 1.165) is 15.8 Å². The molecular formula is C15H12BrFN4S. The second kappa shape index (κ2) is 6.50. The number of nitrogen functional groups attached to an aromatic ring is 1. The number of aromatic nitrogens is 3. The van der Waals surface area contributed by atoms with Crippen LogP contribution in [-0.4, -0.2) is 14.9 Å². The highest BCUT2D eigenvalue weighted by molar-refractivity contribution is 9.10. The van der Waals surface area contributed by atoms with Gasteiger partial charge in [0.25, 0.3) is 0 Å². The van der Waals surface area contributed by atoms with Crippen molar-refractivity contribution in [1.29, 1.82) is 0 Å². The molecule has 0 aliphatic heterocycles. The summed E-state index contributed by atoms with van der Waals surface area (Å²) in [5.74, 6) is 6.85. The fourth-order valence-electron chi connectivity index (χ4n) is 1.97. The highest BCUT2D eigenvalue weighted by Crippen LogP contribution is 2.25. The molecule has 0 saturated heterocycles. The molecule has 3 rings (SSSR count). The van der Waals surface area contributed by atoms with Gasteiger partial charge in [-0.25, -0.2) is 9.07 Å².